The summed E-state index contributed by atoms with van der Waals surface area (Å²) in [6, 6.07) is 13.9. The molecule has 3 aromatic carbocycles. The number of phenolic OH excluding ortho intramolecular Hbond substituents is 1. The smallest absolute Gasteiger partial charge is 0.319 e. The van der Waals surface area contributed by atoms with E-state index in [9.17, 15) is 5.11 Å². The summed E-state index contributed by atoms with van der Waals surface area (Å²) in [4.78, 5) is 14.3. The molecule has 9 rings (SSSR count). The van der Waals surface area contributed by atoms with Gasteiger partial charge in [0.1, 0.15) is 17.1 Å². The van der Waals surface area contributed by atoms with Crippen LogP contribution >= 0.6 is 11.6 Å². The lowest BCUT2D eigenvalue weighted by Gasteiger charge is -2.38. The number of morpholine rings is 1. The second-order valence-corrected chi connectivity index (χ2v) is 12.8. The highest BCUT2D eigenvalue weighted by atomic mass is 35.5. The Balaban J connectivity index is 1.19. The summed E-state index contributed by atoms with van der Waals surface area (Å²) in [6.07, 6.45) is 5.58. The minimum Gasteiger partial charge on any atom is -0.508 e. The first kappa shape index (κ1) is 27.3. The second-order valence-electron chi connectivity index (χ2n) is 12.4. The molecule has 0 aliphatic carbocycles. The summed E-state index contributed by atoms with van der Waals surface area (Å²) in [5.41, 5.74) is 0.903. The molecule has 4 atom stereocenters. The summed E-state index contributed by atoms with van der Waals surface area (Å²) >= 11 is 6.90. The molecule has 6 heterocycles. The number of aromatic hydroxyl groups is 1. The molecular weight excluding hydrogens is 569 g/mol. The lowest BCUT2D eigenvalue weighted by atomic mass is 9.96. The van der Waals surface area contributed by atoms with E-state index in [1.165, 1.54) is 0 Å². The van der Waals surface area contributed by atoms with Gasteiger partial charge in [-0.05, 0) is 66.6 Å². The van der Waals surface area contributed by atoms with Crippen LogP contribution in [0.4, 0.5) is 10.2 Å². The molecule has 0 radical (unpaired) electrons. The van der Waals surface area contributed by atoms with Crippen molar-refractivity contribution in [2.24, 2.45) is 0 Å². The highest BCUT2D eigenvalue weighted by molar-refractivity contribution is 6.35. The fourth-order valence-electron chi connectivity index (χ4n) is 7.55. The minimum absolute atomic E-state index is 0.0440. The van der Waals surface area contributed by atoms with Crippen LogP contribution in [0.25, 0.3) is 32.8 Å². The number of rotatable bonds is 7. The number of nitrogens with one attached hydrogen (secondary N) is 1. The van der Waals surface area contributed by atoms with E-state index in [4.69, 9.17) is 26.1 Å². The van der Waals surface area contributed by atoms with Gasteiger partial charge in [-0.2, -0.15) is 9.97 Å². The highest BCUT2D eigenvalue weighted by Gasteiger charge is 2.38. The molecule has 5 fully saturated rings. The van der Waals surface area contributed by atoms with Crippen LogP contribution in [0.2, 0.25) is 5.02 Å². The van der Waals surface area contributed by atoms with Crippen LogP contribution in [0.5, 0.6) is 11.8 Å². The first-order chi connectivity index (χ1) is 21.0. The zero-order chi connectivity index (χ0) is 29.1. The van der Waals surface area contributed by atoms with Gasteiger partial charge in [0.25, 0.3) is 0 Å². The molecule has 5 aliphatic rings. The maximum atomic E-state index is 16.8. The van der Waals surface area contributed by atoms with Crippen LogP contribution in [-0.2, 0) is 4.74 Å². The molecule has 43 heavy (non-hydrogen) atoms. The van der Waals surface area contributed by atoms with Gasteiger partial charge in [-0.15, -0.1) is 0 Å². The number of halogens is 2. The number of hydrogen-bond donors (Lipinski definition) is 2. The van der Waals surface area contributed by atoms with Crippen molar-refractivity contribution in [2.75, 3.05) is 44.3 Å². The predicted octanol–water partition coefficient (Wildman–Crippen LogP) is 5.52. The molecule has 2 unspecified atom stereocenters. The maximum absolute atomic E-state index is 16.8. The topological polar surface area (TPSA) is 83.0 Å². The first-order valence-corrected chi connectivity index (χ1v) is 15.8. The summed E-state index contributed by atoms with van der Waals surface area (Å²) in [7, 11) is 0. The standard InChI is InChI=1S/C33H35ClFN5O3/c34-28-14-27-31(30(35)29(28)26-13-23(41)11-19-5-1-2-8-25(19)26)37-33(42-10-4-9-39-17-24-12-22(39)18-43-24)38-32(27)40-16-20-6-3-7-21(40)15-36-20/h1-2,5,8,11,13-14,20-22,24,36,41H,3-4,6-7,9-10,12,15-18H2/t20?,21?,22-,24-/m1/s1. The molecule has 4 bridgehead atoms. The number of anilines is 1. The number of fused-ring (bicyclic) bond motifs is 8. The van der Waals surface area contributed by atoms with E-state index < -0.39 is 5.82 Å². The van der Waals surface area contributed by atoms with E-state index >= 15 is 4.39 Å². The zero-order valence-electron chi connectivity index (χ0n) is 23.9. The summed E-state index contributed by atoms with van der Waals surface area (Å²) in [5.74, 6) is 0.168. The highest BCUT2D eigenvalue weighted by Crippen LogP contribution is 2.43. The van der Waals surface area contributed by atoms with Gasteiger partial charge in [0.15, 0.2) is 5.82 Å². The Morgan fingerprint density at radius 3 is 2.86 bits per heavy atom. The van der Waals surface area contributed by atoms with Crippen molar-refractivity contribution in [3.63, 3.8) is 0 Å². The molecule has 1 aromatic heterocycles. The number of benzene rings is 3. The van der Waals surface area contributed by atoms with E-state index in [-0.39, 0.29) is 33.9 Å². The van der Waals surface area contributed by atoms with Gasteiger partial charge < -0.3 is 24.8 Å². The van der Waals surface area contributed by atoms with Crippen LogP contribution < -0.4 is 15.0 Å². The maximum Gasteiger partial charge on any atom is 0.319 e. The molecule has 5 aliphatic heterocycles. The van der Waals surface area contributed by atoms with E-state index in [1.54, 1.807) is 18.2 Å². The molecule has 5 saturated heterocycles. The monoisotopic (exact) mass is 603 g/mol. The molecule has 8 nitrogen and oxygen atoms in total. The molecule has 0 saturated carbocycles. The van der Waals surface area contributed by atoms with Crippen molar-refractivity contribution in [2.45, 2.75) is 56.3 Å². The lowest BCUT2D eigenvalue weighted by Crippen LogP contribution is -2.54. The zero-order valence-corrected chi connectivity index (χ0v) is 24.7. The fraction of sp³-hybridized carbons (Fsp3) is 0.455. The molecule has 0 amide bonds. The number of aromatic nitrogens is 2. The van der Waals surface area contributed by atoms with Crippen molar-refractivity contribution in [1.29, 1.82) is 0 Å². The Labute approximate surface area is 254 Å². The number of phenols is 1. The largest absolute Gasteiger partial charge is 0.508 e. The van der Waals surface area contributed by atoms with E-state index in [2.05, 4.69) is 20.1 Å². The van der Waals surface area contributed by atoms with Crippen molar-refractivity contribution >= 4 is 39.1 Å². The van der Waals surface area contributed by atoms with Gasteiger partial charge in [-0.25, -0.2) is 4.39 Å². The fourth-order valence-corrected chi connectivity index (χ4v) is 7.84. The van der Waals surface area contributed by atoms with Crippen molar-refractivity contribution in [3.8, 4) is 22.9 Å². The second kappa shape index (κ2) is 11.0. The summed E-state index contributed by atoms with van der Waals surface area (Å²) in [5, 5.41) is 16.6. The van der Waals surface area contributed by atoms with E-state index in [0.717, 1.165) is 75.7 Å². The van der Waals surface area contributed by atoms with Gasteiger partial charge in [-0.3, -0.25) is 4.90 Å². The number of ether oxygens (including phenoxy) is 2. The van der Waals surface area contributed by atoms with Crippen molar-refractivity contribution in [3.05, 3.63) is 53.3 Å². The van der Waals surface area contributed by atoms with Crippen molar-refractivity contribution < 1.29 is 19.0 Å². The van der Waals surface area contributed by atoms with Gasteiger partial charge in [0.2, 0.25) is 0 Å². The Bertz CT molecular complexity index is 1700. The van der Waals surface area contributed by atoms with Gasteiger partial charge in [-0.1, -0.05) is 35.9 Å². The van der Waals surface area contributed by atoms with Gasteiger partial charge >= 0.3 is 6.01 Å². The third kappa shape index (κ3) is 4.96. The summed E-state index contributed by atoms with van der Waals surface area (Å²) in [6.45, 7) is 4.79. The number of hydrogen-bond acceptors (Lipinski definition) is 8. The summed E-state index contributed by atoms with van der Waals surface area (Å²) < 4.78 is 28.7. The predicted molar refractivity (Wildman–Crippen MR) is 166 cm³/mol. The van der Waals surface area contributed by atoms with Gasteiger partial charge in [0.05, 0.1) is 24.3 Å². The van der Waals surface area contributed by atoms with Gasteiger partial charge in [0, 0.05) is 55.3 Å². The molecule has 224 valence electrons. The average Bonchev–Trinajstić information content (AvgIpc) is 3.49. The Morgan fingerprint density at radius 1 is 1.09 bits per heavy atom. The third-order valence-corrected chi connectivity index (χ3v) is 9.95. The molecule has 4 aromatic rings. The van der Waals surface area contributed by atoms with E-state index in [0.29, 0.717) is 41.6 Å². The molecule has 2 N–H and O–H groups in total. The third-order valence-electron chi connectivity index (χ3n) is 9.65. The normalized spacial score (nSPS) is 25.2. The Morgan fingerprint density at radius 2 is 2.00 bits per heavy atom. The Kier molecular flexibility index (Phi) is 7.01. The molecular formula is C33H35ClFN5O3. The van der Waals surface area contributed by atoms with Crippen LogP contribution in [-0.4, -0.2) is 83.6 Å². The number of piperazine rings is 1. The quantitative estimate of drug-likeness (QED) is 0.267. The SMILES string of the molecule is Oc1cc(-c2c(Cl)cc3c(N4CC5CCCC4CN5)nc(OCCCN4C[C@H]5C[C@@H]4CO5)nc3c2F)c2ccccc2c1. The molecule has 0 spiro atoms. The Hall–Kier alpha value is -3.24. The minimum atomic E-state index is -0.544. The van der Waals surface area contributed by atoms with Crippen molar-refractivity contribution in [1.82, 2.24) is 20.2 Å². The van der Waals surface area contributed by atoms with Crippen LogP contribution in [0, 0.1) is 5.82 Å². The average molecular weight is 604 g/mol. The number of nitrogens with zero attached hydrogens (tertiary/aromatic N) is 4. The van der Waals surface area contributed by atoms with Crippen LogP contribution in [0.3, 0.4) is 0 Å². The first-order valence-electron chi connectivity index (χ1n) is 15.4. The van der Waals surface area contributed by atoms with Crippen LogP contribution in [0.1, 0.15) is 32.1 Å². The van der Waals surface area contributed by atoms with E-state index in [1.807, 2.05) is 24.3 Å². The lowest BCUT2D eigenvalue weighted by molar-refractivity contribution is 0.0287. The van der Waals surface area contributed by atoms with Crippen LogP contribution in [0.15, 0.2) is 42.5 Å². The number of likely N-dealkylation sites (tertiary alicyclic amines) is 1. The molecule has 10 heteroatoms.